The summed E-state index contributed by atoms with van der Waals surface area (Å²) >= 11 is 0.603. The zero-order valence-corrected chi connectivity index (χ0v) is 9.06. The Morgan fingerprint density at radius 2 is 1.90 bits per heavy atom. The standard InChI is InChI=1S/C9H18I/c1-2-10-8-9-6-4-3-5-7-9/h9H,2-8H2,1H3/q-1. The third-order valence-electron chi connectivity index (χ3n) is 2.24. The molecule has 1 rings (SSSR count). The second-order valence-corrected chi connectivity index (χ2v) is 6.60. The van der Waals surface area contributed by atoms with E-state index in [2.05, 4.69) is 6.92 Å². The van der Waals surface area contributed by atoms with Gasteiger partial charge in [-0.3, -0.25) is 0 Å². The van der Waals surface area contributed by atoms with Crippen LogP contribution in [0.4, 0.5) is 0 Å². The van der Waals surface area contributed by atoms with Crippen LogP contribution in [0.3, 0.4) is 0 Å². The third kappa shape index (κ3) is 3.22. The van der Waals surface area contributed by atoms with Gasteiger partial charge in [-0.1, -0.05) is 0 Å². The van der Waals surface area contributed by atoms with Crippen molar-refractivity contribution in [3.63, 3.8) is 0 Å². The predicted octanol–water partition coefficient (Wildman–Crippen LogP) is -0.324. The van der Waals surface area contributed by atoms with E-state index in [-0.39, 0.29) is 0 Å². The topological polar surface area (TPSA) is 0 Å². The van der Waals surface area contributed by atoms with E-state index in [9.17, 15) is 0 Å². The summed E-state index contributed by atoms with van der Waals surface area (Å²) in [5.41, 5.74) is 0. The Morgan fingerprint density at radius 3 is 2.50 bits per heavy atom. The van der Waals surface area contributed by atoms with Crippen LogP contribution in [0.5, 0.6) is 0 Å². The fourth-order valence-corrected chi connectivity index (χ4v) is 3.99. The van der Waals surface area contributed by atoms with Crippen LogP contribution in [0.1, 0.15) is 39.0 Å². The average Bonchev–Trinajstić information content (AvgIpc) is 2.03. The number of halogens is 1. The van der Waals surface area contributed by atoms with Gasteiger partial charge in [-0.25, -0.2) is 0 Å². The van der Waals surface area contributed by atoms with Crippen molar-refractivity contribution < 1.29 is 21.2 Å². The van der Waals surface area contributed by atoms with Gasteiger partial charge >= 0.3 is 75.0 Å². The fourth-order valence-electron chi connectivity index (χ4n) is 1.60. The van der Waals surface area contributed by atoms with Gasteiger partial charge in [0.1, 0.15) is 0 Å². The predicted molar refractivity (Wildman–Crippen MR) is 42.0 cm³/mol. The number of hydrogen-bond donors (Lipinski definition) is 0. The van der Waals surface area contributed by atoms with Crippen LogP contribution in [-0.4, -0.2) is 8.86 Å². The summed E-state index contributed by atoms with van der Waals surface area (Å²) < 4.78 is 3.12. The van der Waals surface area contributed by atoms with Crippen LogP contribution in [-0.2, 0) is 0 Å². The molecule has 0 N–H and O–H groups in total. The van der Waals surface area contributed by atoms with Gasteiger partial charge in [0.25, 0.3) is 0 Å². The zero-order chi connectivity index (χ0) is 7.23. The maximum absolute atomic E-state index is 2.34. The zero-order valence-electron chi connectivity index (χ0n) is 6.91. The van der Waals surface area contributed by atoms with E-state index in [1.165, 1.54) is 23.7 Å². The van der Waals surface area contributed by atoms with E-state index in [1.54, 1.807) is 17.3 Å². The van der Waals surface area contributed by atoms with Crippen molar-refractivity contribution >= 4 is 0 Å². The Kier molecular flexibility index (Phi) is 4.76. The second kappa shape index (κ2) is 5.39. The first-order chi connectivity index (χ1) is 4.93. The summed E-state index contributed by atoms with van der Waals surface area (Å²) in [7, 11) is 0. The Labute approximate surface area is 75.0 Å². The van der Waals surface area contributed by atoms with Crippen molar-refractivity contribution in [2.75, 3.05) is 8.86 Å². The monoisotopic (exact) mass is 253 g/mol. The van der Waals surface area contributed by atoms with Gasteiger partial charge in [0.2, 0.25) is 0 Å². The molecule has 1 saturated carbocycles. The first-order valence-corrected chi connectivity index (χ1v) is 7.52. The van der Waals surface area contributed by atoms with Gasteiger partial charge in [0.15, 0.2) is 0 Å². The molecule has 0 aromatic heterocycles. The first-order valence-electron chi connectivity index (χ1n) is 4.47. The van der Waals surface area contributed by atoms with E-state index in [1.807, 2.05) is 0 Å². The van der Waals surface area contributed by atoms with Crippen molar-refractivity contribution in [1.29, 1.82) is 0 Å². The Balaban J connectivity index is 2.02. The van der Waals surface area contributed by atoms with Crippen molar-refractivity contribution in [2.45, 2.75) is 39.0 Å². The minimum absolute atomic E-state index is 0.603. The number of hydrogen-bond acceptors (Lipinski definition) is 0. The molecule has 1 aliphatic rings. The van der Waals surface area contributed by atoms with E-state index in [4.69, 9.17) is 0 Å². The van der Waals surface area contributed by atoms with Crippen molar-refractivity contribution in [2.24, 2.45) is 5.92 Å². The van der Waals surface area contributed by atoms with Crippen LogP contribution in [0.15, 0.2) is 0 Å². The molecule has 0 heterocycles. The maximum atomic E-state index is 2.34. The quantitative estimate of drug-likeness (QED) is 0.477. The molecule has 1 fully saturated rings. The summed E-state index contributed by atoms with van der Waals surface area (Å²) in [6.45, 7) is 2.34. The fraction of sp³-hybridized carbons (Fsp3) is 1.00. The van der Waals surface area contributed by atoms with E-state index < -0.39 is 0 Å². The Hall–Kier alpha value is 0.730. The molecule has 1 aliphatic carbocycles. The summed E-state index contributed by atoms with van der Waals surface area (Å²) in [4.78, 5) is 0. The molecule has 0 aromatic carbocycles. The normalized spacial score (nSPS) is 21.7. The molecule has 0 bridgehead atoms. The van der Waals surface area contributed by atoms with Gasteiger partial charge in [-0.15, -0.1) is 0 Å². The van der Waals surface area contributed by atoms with Crippen molar-refractivity contribution in [3.8, 4) is 0 Å². The van der Waals surface area contributed by atoms with Crippen molar-refractivity contribution in [1.82, 2.24) is 0 Å². The molecule has 0 spiro atoms. The molecule has 10 heavy (non-hydrogen) atoms. The average molecular weight is 253 g/mol. The number of alkyl halides is 2. The third-order valence-corrected chi connectivity index (χ3v) is 5.19. The Morgan fingerprint density at radius 1 is 1.20 bits per heavy atom. The number of rotatable bonds is 3. The molecule has 0 radical (unpaired) electrons. The van der Waals surface area contributed by atoms with E-state index >= 15 is 0 Å². The molecular formula is C9H18I-. The van der Waals surface area contributed by atoms with Gasteiger partial charge in [0, 0.05) is 0 Å². The second-order valence-electron chi connectivity index (χ2n) is 3.11. The summed E-state index contributed by atoms with van der Waals surface area (Å²) in [6, 6.07) is 0. The summed E-state index contributed by atoms with van der Waals surface area (Å²) in [5, 5.41) is 0. The van der Waals surface area contributed by atoms with Crippen LogP contribution in [0, 0.1) is 5.92 Å². The van der Waals surface area contributed by atoms with Crippen LogP contribution in [0.2, 0.25) is 0 Å². The minimum atomic E-state index is 0.603. The Bertz CT molecular complexity index is 74.8. The van der Waals surface area contributed by atoms with Gasteiger partial charge in [-0.2, -0.15) is 0 Å². The SMILES string of the molecule is CC[I-]CC1CCCCC1. The van der Waals surface area contributed by atoms with Crippen LogP contribution >= 0.6 is 0 Å². The van der Waals surface area contributed by atoms with Gasteiger partial charge < -0.3 is 0 Å². The van der Waals surface area contributed by atoms with Crippen molar-refractivity contribution in [3.05, 3.63) is 0 Å². The van der Waals surface area contributed by atoms with Crippen LogP contribution in [0.25, 0.3) is 0 Å². The molecule has 1 heteroatoms. The molecule has 0 aromatic rings. The molecule has 0 nitrogen and oxygen atoms in total. The summed E-state index contributed by atoms with van der Waals surface area (Å²) in [5.74, 6) is 1.15. The summed E-state index contributed by atoms with van der Waals surface area (Å²) in [6.07, 6.45) is 7.68. The van der Waals surface area contributed by atoms with Crippen LogP contribution < -0.4 is 21.2 Å². The molecule has 62 valence electrons. The van der Waals surface area contributed by atoms with Gasteiger partial charge in [0.05, 0.1) is 0 Å². The van der Waals surface area contributed by atoms with Gasteiger partial charge in [-0.05, 0) is 0 Å². The molecule has 0 saturated heterocycles. The van der Waals surface area contributed by atoms with E-state index in [0.717, 1.165) is 5.92 Å². The molecule has 0 unspecified atom stereocenters. The first kappa shape index (κ1) is 8.82. The molecule has 0 atom stereocenters. The molecule has 0 aliphatic heterocycles. The van der Waals surface area contributed by atoms with E-state index in [0.29, 0.717) is 21.2 Å². The molecular weight excluding hydrogens is 235 g/mol. The molecule has 0 amide bonds.